The van der Waals surface area contributed by atoms with E-state index in [-0.39, 0.29) is 0 Å². The SMILES string of the molecule is Cc1scnc1-c1c(Cl)cnn1C. The van der Waals surface area contributed by atoms with E-state index in [9.17, 15) is 0 Å². The summed E-state index contributed by atoms with van der Waals surface area (Å²) >= 11 is 7.60. The lowest BCUT2D eigenvalue weighted by atomic mass is 10.3. The van der Waals surface area contributed by atoms with Crippen LogP contribution in [0.1, 0.15) is 4.88 Å². The third-order valence-electron chi connectivity index (χ3n) is 1.86. The molecule has 0 fully saturated rings. The van der Waals surface area contributed by atoms with Crippen molar-refractivity contribution in [1.29, 1.82) is 0 Å². The summed E-state index contributed by atoms with van der Waals surface area (Å²) in [6, 6.07) is 0. The molecular weight excluding hydrogens is 206 g/mol. The average molecular weight is 214 g/mol. The van der Waals surface area contributed by atoms with Crippen molar-refractivity contribution in [1.82, 2.24) is 14.8 Å². The van der Waals surface area contributed by atoms with Gasteiger partial charge in [0, 0.05) is 11.9 Å². The van der Waals surface area contributed by atoms with Gasteiger partial charge in [0.05, 0.1) is 16.7 Å². The van der Waals surface area contributed by atoms with Crippen LogP contribution in [0, 0.1) is 6.92 Å². The number of halogens is 1. The van der Waals surface area contributed by atoms with Crippen molar-refractivity contribution in [3.05, 3.63) is 21.6 Å². The molecule has 0 aliphatic rings. The molecule has 0 bridgehead atoms. The minimum absolute atomic E-state index is 0.650. The quantitative estimate of drug-likeness (QED) is 0.729. The first-order valence-corrected chi connectivity index (χ1v) is 5.04. The molecule has 13 heavy (non-hydrogen) atoms. The summed E-state index contributed by atoms with van der Waals surface area (Å²) in [5.74, 6) is 0. The number of hydrogen-bond acceptors (Lipinski definition) is 3. The van der Waals surface area contributed by atoms with Crippen LogP contribution < -0.4 is 0 Å². The number of nitrogens with zero attached hydrogens (tertiary/aromatic N) is 3. The number of thiazole rings is 1. The molecule has 0 saturated carbocycles. The van der Waals surface area contributed by atoms with E-state index in [0.29, 0.717) is 5.02 Å². The maximum Gasteiger partial charge on any atom is 0.106 e. The Morgan fingerprint density at radius 1 is 1.54 bits per heavy atom. The van der Waals surface area contributed by atoms with Crippen molar-refractivity contribution in [2.45, 2.75) is 6.92 Å². The van der Waals surface area contributed by atoms with Crippen LogP contribution >= 0.6 is 22.9 Å². The first-order valence-electron chi connectivity index (χ1n) is 3.78. The zero-order chi connectivity index (χ0) is 9.42. The maximum atomic E-state index is 5.99. The van der Waals surface area contributed by atoms with Gasteiger partial charge in [0.1, 0.15) is 11.4 Å². The molecule has 5 heteroatoms. The van der Waals surface area contributed by atoms with Gasteiger partial charge < -0.3 is 0 Å². The summed E-state index contributed by atoms with van der Waals surface area (Å²) in [7, 11) is 1.86. The Hall–Kier alpha value is -0.870. The molecule has 0 aromatic carbocycles. The smallest absolute Gasteiger partial charge is 0.106 e. The molecule has 0 amide bonds. The van der Waals surface area contributed by atoms with Gasteiger partial charge in [-0.1, -0.05) is 11.6 Å². The molecule has 0 aliphatic heterocycles. The highest BCUT2D eigenvalue weighted by Gasteiger charge is 2.13. The third-order valence-corrected chi connectivity index (χ3v) is 2.90. The predicted octanol–water partition coefficient (Wildman–Crippen LogP) is 2.51. The lowest BCUT2D eigenvalue weighted by Crippen LogP contribution is -1.94. The molecule has 0 atom stereocenters. The number of rotatable bonds is 1. The van der Waals surface area contributed by atoms with Gasteiger partial charge in [0.2, 0.25) is 0 Å². The highest BCUT2D eigenvalue weighted by molar-refractivity contribution is 7.10. The van der Waals surface area contributed by atoms with Crippen LogP contribution in [0.2, 0.25) is 5.02 Å². The Balaban J connectivity index is 2.64. The van der Waals surface area contributed by atoms with E-state index in [2.05, 4.69) is 10.1 Å². The van der Waals surface area contributed by atoms with Crippen LogP contribution in [0.5, 0.6) is 0 Å². The normalized spacial score (nSPS) is 10.7. The highest BCUT2D eigenvalue weighted by Crippen LogP contribution is 2.29. The highest BCUT2D eigenvalue weighted by atomic mass is 35.5. The second-order valence-corrected chi connectivity index (χ2v) is 4.19. The van der Waals surface area contributed by atoms with Gasteiger partial charge in [0.15, 0.2) is 0 Å². The van der Waals surface area contributed by atoms with E-state index >= 15 is 0 Å². The van der Waals surface area contributed by atoms with Crippen molar-refractivity contribution in [3.8, 4) is 11.4 Å². The molecule has 0 saturated heterocycles. The van der Waals surface area contributed by atoms with Crippen LogP contribution in [0.15, 0.2) is 11.7 Å². The van der Waals surface area contributed by atoms with E-state index in [0.717, 1.165) is 16.3 Å². The fourth-order valence-corrected chi connectivity index (χ4v) is 2.04. The minimum Gasteiger partial charge on any atom is -0.265 e. The van der Waals surface area contributed by atoms with Gasteiger partial charge in [0.25, 0.3) is 0 Å². The molecular formula is C8H8ClN3S. The minimum atomic E-state index is 0.650. The Labute approximate surface area is 85.0 Å². The number of aryl methyl sites for hydroxylation is 2. The molecule has 3 nitrogen and oxygen atoms in total. The topological polar surface area (TPSA) is 30.7 Å². The van der Waals surface area contributed by atoms with Crippen molar-refractivity contribution >= 4 is 22.9 Å². The molecule has 2 aromatic rings. The Morgan fingerprint density at radius 3 is 2.77 bits per heavy atom. The van der Waals surface area contributed by atoms with E-state index in [4.69, 9.17) is 11.6 Å². The van der Waals surface area contributed by atoms with Crippen molar-refractivity contribution in [3.63, 3.8) is 0 Å². The molecule has 2 aromatic heterocycles. The lowest BCUT2D eigenvalue weighted by molar-refractivity contribution is 0.773. The summed E-state index contributed by atoms with van der Waals surface area (Å²) < 4.78 is 1.74. The van der Waals surface area contributed by atoms with Crippen LogP contribution in [0.4, 0.5) is 0 Å². The van der Waals surface area contributed by atoms with Gasteiger partial charge in [-0.15, -0.1) is 11.3 Å². The Morgan fingerprint density at radius 2 is 2.31 bits per heavy atom. The van der Waals surface area contributed by atoms with Gasteiger partial charge >= 0.3 is 0 Å². The van der Waals surface area contributed by atoms with Gasteiger partial charge in [-0.2, -0.15) is 5.10 Å². The van der Waals surface area contributed by atoms with Gasteiger partial charge in [-0.3, -0.25) is 4.68 Å². The molecule has 0 spiro atoms. The van der Waals surface area contributed by atoms with Crippen LogP contribution in [0.25, 0.3) is 11.4 Å². The van der Waals surface area contributed by atoms with E-state index in [1.54, 1.807) is 22.2 Å². The Bertz CT molecular complexity index is 413. The molecule has 2 heterocycles. The van der Waals surface area contributed by atoms with E-state index in [1.807, 2.05) is 19.5 Å². The molecule has 2 rings (SSSR count). The second kappa shape index (κ2) is 3.12. The fourth-order valence-electron chi connectivity index (χ4n) is 1.21. The zero-order valence-corrected chi connectivity index (χ0v) is 8.85. The van der Waals surface area contributed by atoms with Crippen LogP contribution in [-0.4, -0.2) is 14.8 Å². The molecule has 0 aliphatic carbocycles. The lowest BCUT2D eigenvalue weighted by Gasteiger charge is -1.99. The summed E-state index contributed by atoms with van der Waals surface area (Å²) in [6.07, 6.45) is 1.63. The molecule has 0 unspecified atom stereocenters. The number of aromatic nitrogens is 3. The maximum absolute atomic E-state index is 5.99. The second-order valence-electron chi connectivity index (χ2n) is 2.72. The average Bonchev–Trinajstić information content (AvgIpc) is 2.60. The summed E-state index contributed by atoms with van der Waals surface area (Å²) in [5, 5.41) is 4.71. The monoisotopic (exact) mass is 213 g/mol. The predicted molar refractivity (Wildman–Crippen MR) is 54.1 cm³/mol. The summed E-state index contributed by atoms with van der Waals surface area (Å²) in [6.45, 7) is 2.02. The first kappa shape index (κ1) is 8.72. The van der Waals surface area contributed by atoms with Crippen LogP contribution in [-0.2, 0) is 7.05 Å². The fraction of sp³-hybridized carbons (Fsp3) is 0.250. The molecule has 0 N–H and O–H groups in total. The van der Waals surface area contributed by atoms with Crippen LogP contribution in [0.3, 0.4) is 0 Å². The van der Waals surface area contributed by atoms with E-state index < -0.39 is 0 Å². The van der Waals surface area contributed by atoms with Gasteiger partial charge in [-0.05, 0) is 6.92 Å². The Kier molecular flexibility index (Phi) is 2.09. The largest absolute Gasteiger partial charge is 0.265 e. The van der Waals surface area contributed by atoms with Crippen molar-refractivity contribution in [2.24, 2.45) is 7.05 Å². The van der Waals surface area contributed by atoms with Crippen molar-refractivity contribution < 1.29 is 0 Å². The standard InChI is InChI=1S/C8H8ClN3S/c1-5-7(10-4-13-5)8-6(9)3-11-12(8)2/h3-4H,1-2H3. The molecule has 0 radical (unpaired) electrons. The first-order chi connectivity index (χ1) is 6.20. The third kappa shape index (κ3) is 1.36. The summed E-state index contributed by atoms with van der Waals surface area (Å²) in [5.41, 5.74) is 3.63. The number of hydrogen-bond donors (Lipinski definition) is 0. The summed E-state index contributed by atoms with van der Waals surface area (Å²) in [4.78, 5) is 5.41. The molecule has 68 valence electrons. The van der Waals surface area contributed by atoms with E-state index in [1.165, 1.54) is 0 Å². The zero-order valence-electron chi connectivity index (χ0n) is 7.28. The van der Waals surface area contributed by atoms with Crippen molar-refractivity contribution in [2.75, 3.05) is 0 Å². The van der Waals surface area contributed by atoms with Gasteiger partial charge in [-0.25, -0.2) is 4.98 Å².